The highest BCUT2D eigenvalue weighted by molar-refractivity contribution is 6.31. The van der Waals surface area contributed by atoms with E-state index in [1.54, 1.807) is 30.3 Å². The van der Waals surface area contributed by atoms with Gasteiger partial charge in [-0.1, -0.05) is 43.6 Å². The smallest absolute Gasteiger partial charge is 0.319 e. The van der Waals surface area contributed by atoms with E-state index in [1.807, 2.05) is 32.0 Å². The van der Waals surface area contributed by atoms with Gasteiger partial charge in [0.25, 0.3) is 5.91 Å². The van der Waals surface area contributed by atoms with Crippen LogP contribution >= 0.6 is 11.6 Å². The third kappa shape index (κ3) is 6.12. The predicted molar refractivity (Wildman–Crippen MR) is 101 cm³/mol. The van der Waals surface area contributed by atoms with Crippen molar-refractivity contribution in [3.63, 3.8) is 0 Å². The molecule has 0 unspecified atom stereocenters. The zero-order valence-corrected chi connectivity index (χ0v) is 15.1. The minimum atomic E-state index is -0.336. The lowest BCUT2D eigenvalue weighted by atomic mass is 10.1. The number of nitrogens with one attached hydrogen (secondary N) is 3. The number of hydrogen-bond donors (Lipinski definition) is 3. The van der Waals surface area contributed by atoms with Crippen LogP contribution in [0.5, 0.6) is 0 Å². The van der Waals surface area contributed by atoms with Crippen molar-refractivity contribution in [2.75, 3.05) is 11.9 Å². The fourth-order valence-electron chi connectivity index (χ4n) is 2.10. The van der Waals surface area contributed by atoms with Crippen LogP contribution in [-0.2, 0) is 6.54 Å². The van der Waals surface area contributed by atoms with Crippen molar-refractivity contribution in [1.82, 2.24) is 10.6 Å². The van der Waals surface area contributed by atoms with E-state index in [-0.39, 0.29) is 11.9 Å². The van der Waals surface area contributed by atoms with Crippen molar-refractivity contribution < 1.29 is 9.59 Å². The Bertz CT molecular complexity index is 730. The van der Waals surface area contributed by atoms with Gasteiger partial charge in [0.1, 0.15) is 0 Å². The van der Waals surface area contributed by atoms with Crippen molar-refractivity contribution in [3.05, 3.63) is 64.7 Å². The predicted octanol–water partition coefficient (Wildman–Crippen LogP) is 4.05. The van der Waals surface area contributed by atoms with Crippen LogP contribution in [0.15, 0.2) is 48.5 Å². The van der Waals surface area contributed by atoms with Gasteiger partial charge in [-0.2, -0.15) is 0 Å². The molecule has 5 nitrogen and oxygen atoms in total. The Hall–Kier alpha value is -2.53. The Morgan fingerprint density at radius 2 is 1.68 bits per heavy atom. The molecule has 2 rings (SSSR count). The van der Waals surface area contributed by atoms with Gasteiger partial charge in [-0.25, -0.2) is 4.79 Å². The fourth-order valence-corrected chi connectivity index (χ4v) is 2.30. The average molecular weight is 360 g/mol. The lowest BCUT2D eigenvalue weighted by molar-refractivity contribution is 0.0949. The molecule has 3 amide bonds. The molecule has 0 aromatic heterocycles. The van der Waals surface area contributed by atoms with E-state index in [1.165, 1.54) is 0 Å². The van der Waals surface area contributed by atoms with Crippen LogP contribution in [0.1, 0.15) is 29.8 Å². The Labute approximate surface area is 152 Å². The molecule has 0 bridgehead atoms. The molecule has 0 atom stereocenters. The standard InChI is InChI=1S/C19H22ClN3O2/c1-13(2)11-21-18(24)14-7-9-16(10-8-14)23-19(25)22-12-15-5-3-4-6-17(15)20/h3-10,13H,11-12H2,1-2H3,(H,21,24)(H2,22,23,25). The van der Waals surface area contributed by atoms with Gasteiger partial charge in [-0.3, -0.25) is 4.79 Å². The maximum Gasteiger partial charge on any atom is 0.319 e. The molecule has 0 spiro atoms. The summed E-state index contributed by atoms with van der Waals surface area (Å²) in [6.07, 6.45) is 0. The van der Waals surface area contributed by atoms with Gasteiger partial charge >= 0.3 is 6.03 Å². The number of anilines is 1. The summed E-state index contributed by atoms with van der Waals surface area (Å²) in [5, 5.41) is 8.93. The molecule has 132 valence electrons. The highest BCUT2D eigenvalue weighted by Gasteiger charge is 2.07. The van der Waals surface area contributed by atoms with Gasteiger partial charge in [0.2, 0.25) is 0 Å². The third-order valence-corrected chi connectivity index (χ3v) is 3.84. The van der Waals surface area contributed by atoms with E-state index >= 15 is 0 Å². The molecule has 3 N–H and O–H groups in total. The average Bonchev–Trinajstić information content (AvgIpc) is 2.59. The summed E-state index contributed by atoms with van der Waals surface area (Å²) >= 11 is 6.05. The van der Waals surface area contributed by atoms with Crippen molar-refractivity contribution in [1.29, 1.82) is 0 Å². The number of halogens is 1. The number of carbonyl (C=O) groups is 2. The Kier molecular flexibility index (Phi) is 6.83. The first kappa shape index (κ1) is 18.8. The molecule has 0 heterocycles. The first-order valence-electron chi connectivity index (χ1n) is 8.12. The lowest BCUT2D eigenvalue weighted by Crippen LogP contribution is -2.28. The quantitative estimate of drug-likeness (QED) is 0.728. The number of rotatable bonds is 6. The maximum absolute atomic E-state index is 12.0. The summed E-state index contributed by atoms with van der Waals surface area (Å²) in [7, 11) is 0. The second-order valence-electron chi connectivity index (χ2n) is 6.08. The number of amides is 3. The molecule has 0 saturated heterocycles. The number of hydrogen-bond acceptors (Lipinski definition) is 2. The van der Waals surface area contributed by atoms with E-state index < -0.39 is 0 Å². The first-order chi connectivity index (χ1) is 12.0. The van der Waals surface area contributed by atoms with Gasteiger partial charge in [-0.05, 0) is 41.8 Å². The molecular weight excluding hydrogens is 338 g/mol. The number of carbonyl (C=O) groups excluding carboxylic acids is 2. The highest BCUT2D eigenvalue weighted by Crippen LogP contribution is 2.14. The van der Waals surface area contributed by atoms with Crippen molar-refractivity contribution in [3.8, 4) is 0 Å². The van der Waals surface area contributed by atoms with Crippen molar-refractivity contribution in [2.24, 2.45) is 5.92 Å². The van der Waals surface area contributed by atoms with Gasteiger partial charge in [0.05, 0.1) is 0 Å². The molecule has 6 heteroatoms. The minimum absolute atomic E-state index is 0.122. The molecule has 0 aliphatic rings. The lowest BCUT2D eigenvalue weighted by Gasteiger charge is -2.10. The van der Waals surface area contributed by atoms with E-state index in [0.29, 0.717) is 35.3 Å². The van der Waals surface area contributed by atoms with Crippen LogP contribution in [0.3, 0.4) is 0 Å². The van der Waals surface area contributed by atoms with Crippen LogP contribution in [0.4, 0.5) is 10.5 Å². The molecule has 2 aromatic carbocycles. The van der Waals surface area contributed by atoms with Crippen molar-refractivity contribution >= 4 is 29.2 Å². The molecule has 25 heavy (non-hydrogen) atoms. The topological polar surface area (TPSA) is 70.2 Å². The number of urea groups is 1. The minimum Gasteiger partial charge on any atom is -0.352 e. The summed E-state index contributed by atoms with van der Waals surface area (Å²) in [5.74, 6) is 0.273. The van der Waals surface area contributed by atoms with Gasteiger partial charge in [0.15, 0.2) is 0 Å². The van der Waals surface area contributed by atoms with Crippen LogP contribution in [0.25, 0.3) is 0 Å². The van der Waals surface area contributed by atoms with E-state index in [4.69, 9.17) is 11.6 Å². The summed E-state index contributed by atoms with van der Waals surface area (Å²) in [5.41, 5.74) is 2.01. The normalized spacial score (nSPS) is 10.4. The summed E-state index contributed by atoms with van der Waals surface area (Å²) in [4.78, 5) is 23.9. The van der Waals surface area contributed by atoms with E-state index in [0.717, 1.165) is 5.56 Å². The molecule has 0 radical (unpaired) electrons. The monoisotopic (exact) mass is 359 g/mol. The summed E-state index contributed by atoms with van der Waals surface area (Å²) in [6.45, 7) is 5.04. The van der Waals surface area contributed by atoms with Crippen molar-refractivity contribution in [2.45, 2.75) is 20.4 Å². The Morgan fingerprint density at radius 3 is 2.32 bits per heavy atom. The largest absolute Gasteiger partial charge is 0.352 e. The second-order valence-corrected chi connectivity index (χ2v) is 6.49. The third-order valence-electron chi connectivity index (χ3n) is 3.47. The van der Waals surface area contributed by atoms with Crippen LogP contribution in [-0.4, -0.2) is 18.5 Å². The maximum atomic E-state index is 12.0. The van der Waals surface area contributed by atoms with Crippen LogP contribution in [0, 0.1) is 5.92 Å². The Balaban J connectivity index is 1.85. The van der Waals surface area contributed by atoms with Crippen LogP contribution < -0.4 is 16.0 Å². The highest BCUT2D eigenvalue weighted by atomic mass is 35.5. The fraction of sp³-hybridized carbons (Fsp3) is 0.263. The molecule has 0 saturated carbocycles. The van der Waals surface area contributed by atoms with Crippen LogP contribution in [0.2, 0.25) is 5.02 Å². The molecule has 0 aliphatic carbocycles. The molecule has 2 aromatic rings. The number of benzene rings is 2. The molecule has 0 fully saturated rings. The molecular formula is C19H22ClN3O2. The van der Waals surface area contributed by atoms with Gasteiger partial charge < -0.3 is 16.0 Å². The van der Waals surface area contributed by atoms with Gasteiger partial charge in [0, 0.05) is 29.4 Å². The van der Waals surface area contributed by atoms with E-state index in [9.17, 15) is 9.59 Å². The summed E-state index contributed by atoms with van der Waals surface area (Å²) < 4.78 is 0. The zero-order chi connectivity index (χ0) is 18.2. The molecule has 0 aliphatic heterocycles. The summed E-state index contributed by atoms with van der Waals surface area (Å²) in [6, 6.07) is 13.7. The SMILES string of the molecule is CC(C)CNC(=O)c1ccc(NC(=O)NCc2ccccc2Cl)cc1. The zero-order valence-electron chi connectivity index (χ0n) is 14.3. The van der Waals surface area contributed by atoms with E-state index in [2.05, 4.69) is 16.0 Å². The van der Waals surface area contributed by atoms with Gasteiger partial charge in [-0.15, -0.1) is 0 Å². The second kappa shape index (κ2) is 9.08. The Morgan fingerprint density at radius 1 is 1.00 bits per heavy atom. The first-order valence-corrected chi connectivity index (χ1v) is 8.50.